The number of nitrogens with one attached hydrogen (secondary N) is 1. The van der Waals surface area contributed by atoms with Crippen LogP contribution in [0.15, 0.2) is 12.4 Å². The van der Waals surface area contributed by atoms with Crippen LogP contribution in [0.1, 0.15) is 56.8 Å². The summed E-state index contributed by atoms with van der Waals surface area (Å²) in [6, 6.07) is 0. The molecule has 4 nitrogen and oxygen atoms in total. The number of hydrogen-bond acceptors (Lipinski definition) is 2. The highest BCUT2D eigenvalue weighted by molar-refractivity contribution is 5.94. The molecule has 1 heterocycles. The quantitative estimate of drug-likeness (QED) is 0.895. The van der Waals surface area contributed by atoms with E-state index in [1.54, 1.807) is 10.9 Å². The third kappa shape index (κ3) is 2.92. The summed E-state index contributed by atoms with van der Waals surface area (Å²) in [5, 5.41) is 7.32. The molecule has 1 amide bonds. The second-order valence-electron chi connectivity index (χ2n) is 5.78. The van der Waals surface area contributed by atoms with Gasteiger partial charge in [-0.05, 0) is 45.4 Å². The van der Waals surface area contributed by atoms with Crippen LogP contribution in [0, 0.1) is 5.92 Å². The number of aryl methyl sites for hydroxylation is 1. The number of carbonyl (C=O) groups is 1. The Hall–Kier alpha value is -1.32. The molecular formula is C14H23N3O. The van der Waals surface area contributed by atoms with Crippen LogP contribution in [0.2, 0.25) is 0 Å². The molecule has 1 fully saturated rings. The van der Waals surface area contributed by atoms with Crippen LogP contribution >= 0.6 is 0 Å². The minimum absolute atomic E-state index is 0.00625. The molecule has 0 radical (unpaired) electrons. The van der Waals surface area contributed by atoms with Crippen LogP contribution in [0.3, 0.4) is 0 Å². The van der Waals surface area contributed by atoms with Gasteiger partial charge in [0.15, 0.2) is 0 Å². The summed E-state index contributed by atoms with van der Waals surface area (Å²) < 4.78 is 1.78. The topological polar surface area (TPSA) is 46.9 Å². The SMILES string of the molecule is CCn1cc(C(=O)NC2(C)CCC(C)CC2)cn1. The van der Waals surface area contributed by atoms with E-state index in [1.807, 2.05) is 13.1 Å². The van der Waals surface area contributed by atoms with Gasteiger partial charge in [-0.25, -0.2) is 0 Å². The highest BCUT2D eigenvalue weighted by Crippen LogP contribution is 2.31. The lowest BCUT2D eigenvalue weighted by atomic mass is 9.78. The molecule has 2 rings (SSSR count). The molecule has 0 aromatic carbocycles. The van der Waals surface area contributed by atoms with Crippen molar-refractivity contribution in [3.8, 4) is 0 Å². The molecule has 1 N–H and O–H groups in total. The lowest BCUT2D eigenvalue weighted by Crippen LogP contribution is -2.48. The number of hydrogen-bond donors (Lipinski definition) is 1. The zero-order chi connectivity index (χ0) is 13.2. The molecule has 18 heavy (non-hydrogen) atoms. The average molecular weight is 249 g/mol. The minimum atomic E-state index is -0.0437. The van der Waals surface area contributed by atoms with Crippen LogP contribution in [-0.4, -0.2) is 21.2 Å². The van der Waals surface area contributed by atoms with Gasteiger partial charge in [-0.3, -0.25) is 9.48 Å². The maximum absolute atomic E-state index is 12.2. The first-order valence-corrected chi connectivity index (χ1v) is 6.87. The van der Waals surface area contributed by atoms with E-state index < -0.39 is 0 Å². The molecule has 0 atom stereocenters. The third-order valence-corrected chi connectivity index (χ3v) is 4.01. The van der Waals surface area contributed by atoms with Crippen molar-refractivity contribution < 1.29 is 4.79 Å². The molecule has 1 aliphatic rings. The fraction of sp³-hybridized carbons (Fsp3) is 0.714. The number of aromatic nitrogens is 2. The predicted octanol–water partition coefficient (Wildman–Crippen LogP) is 2.60. The van der Waals surface area contributed by atoms with Crippen molar-refractivity contribution in [3.63, 3.8) is 0 Å². The standard InChI is InChI=1S/C14H23N3O/c1-4-17-10-12(9-15-17)13(18)16-14(3)7-5-11(2)6-8-14/h9-11H,4-8H2,1-3H3,(H,16,18). The van der Waals surface area contributed by atoms with Crippen molar-refractivity contribution in [2.24, 2.45) is 5.92 Å². The largest absolute Gasteiger partial charge is 0.347 e. The summed E-state index contributed by atoms with van der Waals surface area (Å²) in [4.78, 5) is 12.2. The summed E-state index contributed by atoms with van der Waals surface area (Å²) >= 11 is 0. The van der Waals surface area contributed by atoms with Crippen molar-refractivity contribution in [2.45, 2.75) is 58.5 Å². The average Bonchev–Trinajstić information content (AvgIpc) is 2.82. The smallest absolute Gasteiger partial charge is 0.254 e. The van der Waals surface area contributed by atoms with Crippen molar-refractivity contribution >= 4 is 5.91 Å². The van der Waals surface area contributed by atoms with E-state index in [1.165, 1.54) is 12.8 Å². The molecule has 100 valence electrons. The first kappa shape index (κ1) is 13.1. The van der Waals surface area contributed by atoms with E-state index >= 15 is 0 Å². The molecule has 1 aromatic heterocycles. The van der Waals surface area contributed by atoms with Crippen LogP contribution in [0.4, 0.5) is 0 Å². The van der Waals surface area contributed by atoms with Crippen LogP contribution in [-0.2, 0) is 6.54 Å². The van der Waals surface area contributed by atoms with Gasteiger partial charge in [-0.2, -0.15) is 5.10 Å². The Bertz CT molecular complexity index is 416. The Kier molecular flexibility index (Phi) is 3.73. The van der Waals surface area contributed by atoms with E-state index in [9.17, 15) is 4.79 Å². The Morgan fingerprint density at radius 1 is 1.56 bits per heavy atom. The van der Waals surface area contributed by atoms with E-state index in [4.69, 9.17) is 0 Å². The zero-order valence-electron chi connectivity index (χ0n) is 11.6. The molecule has 0 bridgehead atoms. The van der Waals surface area contributed by atoms with Crippen LogP contribution in [0.25, 0.3) is 0 Å². The molecule has 0 saturated heterocycles. The Balaban J connectivity index is 1.98. The predicted molar refractivity (Wildman–Crippen MR) is 71.4 cm³/mol. The maximum atomic E-state index is 12.2. The molecule has 4 heteroatoms. The van der Waals surface area contributed by atoms with E-state index in [-0.39, 0.29) is 11.4 Å². The summed E-state index contributed by atoms with van der Waals surface area (Å²) in [6.45, 7) is 7.24. The molecular weight excluding hydrogens is 226 g/mol. The van der Waals surface area contributed by atoms with Crippen LogP contribution in [0.5, 0.6) is 0 Å². The summed E-state index contributed by atoms with van der Waals surface area (Å²) in [5.41, 5.74) is 0.620. The minimum Gasteiger partial charge on any atom is -0.347 e. The van der Waals surface area contributed by atoms with Gasteiger partial charge in [0.2, 0.25) is 0 Å². The highest BCUT2D eigenvalue weighted by atomic mass is 16.1. The second kappa shape index (κ2) is 5.12. The van der Waals surface area contributed by atoms with Gasteiger partial charge in [-0.1, -0.05) is 6.92 Å². The van der Waals surface area contributed by atoms with Crippen molar-refractivity contribution in [1.82, 2.24) is 15.1 Å². The Labute approximate surface area is 109 Å². The Morgan fingerprint density at radius 2 is 2.22 bits per heavy atom. The van der Waals surface area contributed by atoms with E-state index in [0.29, 0.717) is 5.56 Å². The normalized spacial score (nSPS) is 28.1. The summed E-state index contributed by atoms with van der Waals surface area (Å²) in [7, 11) is 0. The monoisotopic (exact) mass is 249 g/mol. The number of carbonyl (C=O) groups excluding carboxylic acids is 1. The molecule has 0 aliphatic heterocycles. The van der Waals surface area contributed by atoms with Crippen molar-refractivity contribution in [2.75, 3.05) is 0 Å². The fourth-order valence-electron chi connectivity index (χ4n) is 2.52. The molecule has 1 aliphatic carbocycles. The van der Waals surface area contributed by atoms with Crippen LogP contribution < -0.4 is 5.32 Å². The first-order chi connectivity index (χ1) is 8.52. The molecule has 0 unspecified atom stereocenters. The first-order valence-electron chi connectivity index (χ1n) is 6.87. The number of rotatable bonds is 3. The lowest BCUT2D eigenvalue weighted by molar-refractivity contribution is 0.0869. The highest BCUT2D eigenvalue weighted by Gasteiger charge is 2.31. The molecule has 1 saturated carbocycles. The lowest BCUT2D eigenvalue weighted by Gasteiger charge is -2.37. The van der Waals surface area contributed by atoms with Crippen molar-refractivity contribution in [1.29, 1.82) is 0 Å². The van der Waals surface area contributed by atoms with Gasteiger partial charge in [0.05, 0.1) is 11.8 Å². The van der Waals surface area contributed by atoms with Gasteiger partial charge in [0.1, 0.15) is 0 Å². The molecule has 0 spiro atoms. The second-order valence-corrected chi connectivity index (χ2v) is 5.78. The van der Waals surface area contributed by atoms with Gasteiger partial charge >= 0.3 is 0 Å². The van der Waals surface area contributed by atoms with Gasteiger partial charge in [0, 0.05) is 18.3 Å². The van der Waals surface area contributed by atoms with Gasteiger partial charge < -0.3 is 5.32 Å². The van der Waals surface area contributed by atoms with Gasteiger partial charge in [-0.15, -0.1) is 0 Å². The zero-order valence-corrected chi connectivity index (χ0v) is 11.6. The number of amides is 1. The van der Waals surface area contributed by atoms with E-state index in [2.05, 4.69) is 24.3 Å². The van der Waals surface area contributed by atoms with E-state index in [0.717, 1.165) is 25.3 Å². The third-order valence-electron chi connectivity index (χ3n) is 4.01. The summed E-state index contributed by atoms with van der Waals surface area (Å²) in [6.07, 6.45) is 8.00. The molecule has 1 aromatic rings. The fourth-order valence-corrected chi connectivity index (χ4v) is 2.52. The Morgan fingerprint density at radius 3 is 2.78 bits per heavy atom. The maximum Gasteiger partial charge on any atom is 0.254 e. The summed E-state index contributed by atoms with van der Waals surface area (Å²) in [5.74, 6) is 0.796. The van der Waals surface area contributed by atoms with Gasteiger partial charge in [0.25, 0.3) is 5.91 Å². The number of nitrogens with zero attached hydrogens (tertiary/aromatic N) is 2. The van der Waals surface area contributed by atoms with Crippen molar-refractivity contribution in [3.05, 3.63) is 18.0 Å².